The fourth-order valence-corrected chi connectivity index (χ4v) is 7.76. The van der Waals surface area contributed by atoms with Crippen LogP contribution in [0.5, 0.6) is 0 Å². The van der Waals surface area contributed by atoms with Crippen LogP contribution in [-0.4, -0.2) is 6.10 Å². The first kappa shape index (κ1) is 15.0. The van der Waals surface area contributed by atoms with Gasteiger partial charge in [0, 0.05) is 17.4 Å². The van der Waals surface area contributed by atoms with Crippen molar-refractivity contribution < 1.29 is 9.47 Å². The lowest BCUT2D eigenvalue weighted by Gasteiger charge is -2.48. The molecule has 9 rings (SSSR count). The average Bonchev–Trinajstić information content (AvgIpc) is 3.54. The van der Waals surface area contributed by atoms with E-state index >= 15 is 0 Å². The van der Waals surface area contributed by atoms with E-state index in [1.165, 1.54) is 43.8 Å². The molecule has 0 unspecified atom stereocenters. The Morgan fingerprint density at radius 1 is 0.733 bits per heavy atom. The van der Waals surface area contributed by atoms with Crippen molar-refractivity contribution in [2.45, 2.75) is 23.4 Å². The normalized spacial score (nSPS) is 37.9. The van der Waals surface area contributed by atoms with Crippen LogP contribution in [0, 0.1) is 11.8 Å². The fourth-order valence-electron chi connectivity index (χ4n) is 7.76. The van der Waals surface area contributed by atoms with Crippen LogP contribution in [0.25, 0.3) is 21.5 Å². The number of rotatable bonds is 0. The van der Waals surface area contributed by atoms with Crippen LogP contribution in [0.15, 0.2) is 84.9 Å². The fraction of sp³-hybridized carbons (Fsp3) is 0.214. The van der Waals surface area contributed by atoms with Gasteiger partial charge in [0.25, 0.3) is 0 Å². The maximum absolute atomic E-state index is 7.18. The molecule has 4 heterocycles. The van der Waals surface area contributed by atoms with E-state index in [1.807, 2.05) is 0 Å². The minimum atomic E-state index is -0.446. The molecule has 2 spiro atoms. The summed E-state index contributed by atoms with van der Waals surface area (Å²) in [5.74, 6) is 0.649. The molecule has 0 aromatic heterocycles. The van der Waals surface area contributed by atoms with Gasteiger partial charge < -0.3 is 9.47 Å². The molecule has 5 aliphatic rings. The van der Waals surface area contributed by atoms with Crippen molar-refractivity contribution in [3.8, 4) is 0 Å². The Morgan fingerprint density at radius 3 is 2.50 bits per heavy atom. The molecule has 30 heavy (non-hydrogen) atoms. The summed E-state index contributed by atoms with van der Waals surface area (Å²) in [6.45, 7) is 0. The summed E-state index contributed by atoms with van der Waals surface area (Å²) in [4.78, 5) is 0. The summed E-state index contributed by atoms with van der Waals surface area (Å²) in [6.07, 6.45) is 4.87. The highest BCUT2D eigenvalue weighted by Gasteiger charge is 2.77. The van der Waals surface area contributed by atoms with Crippen molar-refractivity contribution in [1.82, 2.24) is 0 Å². The lowest BCUT2D eigenvalue weighted by Crippen LogP contribution is -2.49. The van der Waals surface area contributed by atoms with Gasteiger partial charge in [0.05, 0.1) is 12.2 Å². The molecule has 2 heteroatoms. The Hall–Kier alpha value is -2.94. The summed E-state index contributed by atoms with van der Waals surface area (Å²) in [6, 6.07) is 26.8. The van der Waals surface area contributed by atoms with E-state index in [2.05, 4.69) is 84.9 Å². The molecule has 2 fully saturated rings. The lowest BCUT2D eigenvalue weighted by atomic mass is 9.54. The average molecular weight is 386 g/mol. The van der Waals surface area contributed by atoms with Crippen molar-refractivity contribution >= 4 is 21.5 Å². The Labute approximate surface area is 173 Å². The van der Waals surface area contributed by atoms with Crippen LogP contribution in [-0.2, 0) is 20.7 Å². The third-order valence-corrected chi connectivity index (χ3v) is 8.56. The minimum absolute atomic E-state index is 0.0935. The third kappa shape index (κ3) is 1.27. The standard InChI is InChI=1S/C28H18O2/c1-2-8-17-15(5-1)11-12-18-24(17)28-20-10-4-7-16-6-3-9-19(22(16)20)27-14-13-21(29-27)23(26(27)28)25(18)30-28/h1-14,21,23,25-26H/t21-,23+,25+,26-,27-,28-/m0/s1. The summed E-state index contributed by atoms with van der Waals surface area (Å²) in [5.41, 5.74) is 4.58. The van der Waals surface area contributed by atoms with Crippen LogP contribution in [0.3, 0.4) is 0 Å². The van der Waals surface area contributed by atoms with Gasteiger partial charge in [0.15, 0.2) is 0 Å². The number of benzene rings is 4. The zero-order chi connectivity index (χ0) is 19.2. The van der Waals surface area contributed by atoms with Crippen molar-refractivity contribution in [1.29, 1.82) is 0 Å². The monoisotopic (exact) mass is 386 g/mol. The predicted molar refractivity (Wildman–Crippen MR) is 115 cm³/mol. The third-order valence-electron chi connectivity index (χ3n) is 8.56. The molecule has 4 aromatic rings. The molecule has 4 aliphatic heterocycles. The Morgan fingerprint density at radius 2 is 1.57 bits per heavy atom. The summed E-state index contributed by atoms with van der Waals surface area (Å²) in [5, 5.41) is 5.22. The van der Waals surface area contributed by atoms with E-state index in [0.29, 0.717) is 5.92 Å². The molecular weight excluding hydrogens is 368 g/mol. The summed E-state index contributed by atoms with van der Waals surface area (Å²) < 4.78 is 14.1. The lowest BCUT2D eigenvalue weighted by molar-refractivity contribution is -0.0918. The second kappa shape index (κ2) is 4.39. The number of hydrogen-bond donors (Lipinski definition) is 0. The molecule has 0 saturated carbocycles. The summed E-state index contributed by atoms with van der Waals surface area (Å²) in [7, 11) is 0. The van der Waals surface area contributed by atoms with E-state index in [9.17, 15) is 0 Å². The van der Waals surface area contributed by atoms with Gasteiger partial charge in [0.2, 0.25) is 0 Å². The molecule has 2 saturated heterocycles. The molecule has 0 N–H and O–H groups in total. The first-order valence-electron chi connectivity index (χ1n) is 10.9. The van der Waals surface area contributed by atoms with Crippen molar-refractivity contribution in [3.63, 3.8) is 0 Å². The maximum Gasteiger partial charge on any atom is 0.127 e. The predicted octanol–water partition coefficient (Wildman–Crippen LogP) is 5.73. The number of hydrogen-bond acceptors (Lipinski definition) is 2. The SMILES string of the molecule is C1=C[C@]23O[C@@H]1[C@@H]1[C@@H]4O[C@](c5c4ccc4ccccc54)(c4cccc5cccc2c45)[C@@H]13. The van der Waals surface area contributed by atoms with Crippen LogP contribution in [0.1, 0.15) is 28.4 Å². The minimum Gasteiger partial charge on any atom is -0.358 e. The zero-order valence-electron chi connectivity index (χ0n) is 16.2. The number of fused-ring (bicyclic) bond motifs is 8. The van der Waals surface area contributed by atoms with E-state index < -0.39 is 5.60 Å². The molecule has 0 radical (unpaired) electrons. The molecule has 142 valence electrons. The van der Waals surface area contributed by atoms with Crippen molar-refractivity contribution in [2.24, 2.45) is 11.8 Å². The molecule has 6 atom stereocenters. The highest BCUT2D eigenvalue weighted by atomic mass is 16.6. The number of ether oxygens (including phenoxy) is 2. The van der Waals surface area contributed by atoms with Gasteiger partial charge in [-0.25, -0.2) is 0 Å². The Bertz CT molecular complexity index is 1490. The van der Waals surface area contributed by atoms with Gasteiger partial charge in [-0.1, -0.05) is 78.9 Å². The molecule has 2 nitrogen and oxygen atoms in total. The topological polar surface area (TPSA) is 18.5 Å². The second-order valence-electron chi connectivity index (χ2n) is 9.52. The van der Waals surface area contributed by atoms with Crippen molar-refractivity contribution in [2.75, 3.05) is 0 Å². The molecular formula is C28H18O2. The first-order chi connectivity index (χ1) is 14.8. The van der Waals surface area contributed by atoms with Crippen LogP contribution < -0.4 is 0 Å². The van der Waals surface area contributed by atoms with Crippen LogP contribution in [0.2, 0.25) is 0 Å². The van der Waals surface area contributed by atoms with Crippen LogP contribution >= 0.6 is 0 Å². The quantitative estimate of drug-likeness (QED) is 0.359. The van der Waals surface area contributed by atoms with Gasteiger partial charge in [-0.05, 0) is 44.3 Å². The van der Waals surface area contributed by atoms with Gasteiger partial charge in [-0.15, -0.1) is 0 Å². The molecule has 1 aliphatic carbocycles. The highest BCUT2D eigenvalue weighted by Crippen LogP contribution is 2.77. The molecule has 4 aromatic carbocycles. The highest BCUT2D eigenvalue weighted by molar-refractivity contribution is 5.96. The van der Waals surface area contributed by atoms with Gasteiger partial charge in [0.1, 0.15) is 11.2 Å². The maximum atomic E-state index is 7.18. The van der Waals surface area contributed by atoms with Gasteiger partial charge >= 0.3 is 0 Å². The zero-order valence-corrected chi connectivity index (χ0v) is 16.2. The first-order valence-corrected chi connectivity index (χ1v) is 10.9. The largest absolute Gasteiger partial charge is 0.358 e. The van der Waals surface area contributed by atoms with E-state index in [4.69, 9.17) is 9.47 Å². The van der Waals surface area contributed by atoms with E-state index in [0.717, 1.165) is 0 Å². The van der Waals surface area contributed by atoms with E-state index in [1.54, 1.807) is 0 Å². The van der Waals surface area contributed by atoms with Gasteiger partial charge in [-0.2, -0.15) is 0 Å². The Kier molecular flexibility index (Phi) is 2.19. The molecule has 0 amide bonds. The molecule has 4 bridgehead atoms. The smallest absolute Gasteiger partial charge is 0.127 e. The van der Waals surface area contributed by atoms with E-state index in [-0.39, 0.29) is 23.7 Å². The Balaban J connectivity index is 1.55. The van der Waals surface area contributed by atoms with Crippen LogP contribution in [0.4, 0.5) is 0 Å². The second-order valence-corrected chi connectivity index (χ2v) is 9.52. The van der Waals surface area contributed by atoms with Gasteiger partial charge in [-0.3, -0.25) is 0 Å². The van der Waals surface area contributed by atoms with Crippen molar-refractivity contribution in [3.05, 3.63) is 107 Å². The summed E-state index contributed by atoms with van der Waals surface area (Å²) >= 11 is 0.